The number of likely N-dealkylation sites (tertiary alicyclic amines) is 1. The number of aryl methyl sites for hydroxylation is 3. The van der Waals surface area contributed by atoms with Gasteiger partial charge in [0.25, 0.3) is 5.91 Å². The van der Waals surface area contributed by atoms with Crippen molar-refractivity contribution in [2.45, 2.75) is 65.5 Å². The van der Waals surface area contributed by atoms with Gasteiger partial charge in [-0.2, -0.15) is 0 Å². The van der Waals surface area contributed by atoms with E-state index in [0.717, 1.165) is 61.7 Å². The molecule has 0 N–H and O–H groups in total. The third-order valence-corrected chi connectivity index (χ3v) is 6.60. The molecule has 0 radical (unpaired) electrons. The van der Waals surface area contributed by atoms with E-state index in [1.165, 1.54) is 5.56 Å². The minimum Gasteiger partial charge on any atom is -0.436 e. The van der Waals surface area contributed by atoms with Crippen molar-refractivity contribution in [2.24, 2.45) is 0 Å². The van der Waals surface area contributed by atoms with Gasteiger partial charge in [-0.25, -0.2) is 15.0 Å². The third kappa shape index (κ3) is 4.21. The van der Waals surface area contributed by atoms with E-state index in [-0.39, 0.29) is 11.9 Å². The maximum Gasteiger partial charge on any atom is 0.292 e. The van der Waals surface area contributed by atoms with Crippen LogP contribution in [0.15, 0.2) is 28.8 Å². The Hall–Kier alpha value is -3.29. The second-order valence-electron chi connectivity index (χ2n) is 8.97. The van der Waals surface area contributed by atoms with Gasteiger partial charge in [-0.05, 0) is 58.1 Å². The van der Waals surface area contributed by atoms with Crippen molar-refractivity contribution < 1.29 is 9.21 Å². The Labute approximate surface area is 194 Å². The Morgan fingerprint density at radius 1 is 1.06 bits per heavy atom. The number of carbonyl (C=O) groups excluding carboxylic acids is 1. The average Bonchev–Trinajstić information content (AvgIpc) is 3.17. The van der Waals surface area contributed by atoms with Crippen molar-refractivity contribution >= 4 is 11.7 Å². The predicted molar refractivity (Wildman–Crippen MR) is 124 cm³/mol. The van der Waals surface area contributed by atoms with E-state index < -0.39 is 0 Å². The molecule has 3 aromatic rings. The summed E-state index contributed by atoms with van der Waals surface area (Å²) >= 11 is 0. The maximum atomic E-state index is 13.4. The fourth-order valence-corrected chi connectivity index (χ4v) is 5.00. The number of piperidine rings is 1. The number of carbonyl (C=O) groups is 1. The Morgan fingerprint density at radius 3 is 2.70 bits per heavy atom. The van der Waals surface area contributed by atoms with E-state index >= 15 is 0 Å². The molecule has 1 unspecified atom stereocenters. The zero-order valence-corrected chi connectivity index (χ0v) is 19.5. The maximum absolute atomic E-state index is 13.4. The summed E-state index contributed by atoms with van der Waals surface area (Å²) in [5.41, 5.74) is 3.86. The quantitative estimate of drug-likeness (QED) is 0.596. The zero-order chi connectivity index (χ0) is 22.9. The lowest BCUT2D eigenvalue weighted by molar-refractivity contribution is 0.0564. The number of oxazole rings is 1. The summed E-state index contributed by atoms with van der Waals surface area (Å²) in [6.07, 6.45) is 6.72. The lowest BCUT2D eigenvalue weighted by Crippen LogP contribution is -2.40. The minimum atomic E-state index is -0.168. The average molecular weight is 447 g/mol. The number of hydrogen-bond donors (Lipinski definition) is 0. The van der Waals surface area contributed by atoms with Crippen molar-refractivity contribution in [3.8, 4) is 0 Å². The van der Waals surface area contributed by atoms with Crippen LogP contribution in [0.5, 0.6) is 0 Å². The summed E-state index contributed by atoms with van der Waals surface area (Å²) in [5.74, 6) is 2.42. The third-order valence-electron chi connectivity index (χ3n) is 6.60. The van der Waals surface area contributed by atoms with Crippen molar-refractivity contribution in [1.82, 2.24) is 24.8 Å². The van der Waals surface area contributed by atoms with Crippen LogP contribution in [0.25, 0.3) is 0 Å². The molecule has 1 atom stereocenters. The van der Waals surface area contributed by atoms with Crippen molar-refractivity contribution in [2.75, 3.05) is 18.0 Å². The van der Waals surface area contributed by atoms with E-state index in [1.54, 1.807) is 6.92 Å². The number of anilines is 1. The molecule has 1 saturated heterocycles. The van der Waals surface area contributed by atoms with Gasteiger partial charge in [-0.3, -0.25) is 9.78 Å². The first kappa shape index (κ1) is 21.6. The minimum absolute atomic E-state index is 0.123. The molecule has 33 heavy (non-hydrogen) atoms. The molecule has 1 amide bonds. The van der Waals surface area contributed by atoms with Gasteiger partial charge in [0, 0.05) is 37.5 Å². The Kier molecular flexibility index (Phi) is 5.83. The first-order valence-electron chi connectivity index (χ1n) is 11.8. The van der Waals surface area contributed by atoms with Crippen molar-refractivity contribution in [3.05, 3.63) is 64.5 Å². The molecule has 5 heterocycles. The highest BCUT2D eigenvalue weighted by Crippen LogP contribution is 2.35. The summed E-state index contributed by atoms with van der Waals surface area (Å²) in [7, 11) is 0. The Morgan fingerprint density at radius 2 is 1.94 bits per heavy atom. The van der Waals surface area contributed by atoms with E-state index in [2.05, 4.69) is 21.8 Å². The monoisotopic (exact) mass is 446 g/mol. The number of hydrogen-bond acceptors (Lipinski definition) is 7. The Bertz CT molecular complexity index is 1160. The zero-order valence-electron chi connectivity index (χ0n) is 19.5. The molecule has 0 aromatic carbocycles. The lowest BCUT2D eigenvalue weighted by Gasteiger charge is -2.36. The molecule has 1 fully saturated rings. The molecule has 2 aliphatic rings. The molecule has 0 bridgehead atoms. The molecule has 172 valence electrons. The van der Waals surface area contributed by atoms with E-state index in [9.17, 15) is 4.79 Å². The van der Waals surface area contributed by atoms with Gasteiger partial charge < -0.3 is 14.2 Å². The number of aromatic nitrogens is 4. The van der Waals surface area contributed by atoms with E-state index in [1.807, 2.05) is 36.2 Å². The van der Waals surface area contributed by atoms with Gasteiger partial charge in [0.2, 0.25) is 5.76 Å². The topological polar surface area (TPSA) is 88.3 Å². The van der Waals surface area contributed by atoms with Gasteiger partial charge in [0.15, 0.2) is 11.7 Å². The fraction of sp³-hybridized carbons (Fsp3) is 0.480. The molecule has 8 heteroatoms. The summed E-state index contributed by atoms with van der Waals surface area (Å²) in [5, 5.41) is 0. The molecule has 5 rings (SSSR count). The van der Waals surface area contributed by atoms with Crippen LogP contribution in [0.3, 0.4) is 0 Å². The summed E-state index contributed by atoms with van der Waals surface area (Å²) < 4.78 is 5.65. The number of pyridine rings is 1. The van der Waals surface area contributed by atoms with Crippen LogP contribution < -0.4 is 4.90 Å². The SMILES string of the molecule is Cc1nc(C)c(C(=O)N2CCCCC2c2nc(C)c3c(n2)N(Cc2ccccn2)CCC3)o1. The van der Waals surface area contributed by atoms with Gasteiger partial charge in [-0.15, -0.1) is 0 Å². The number of fused-ring (bicyclic) bond motifs is 1. The van der Waals surface area contributed by atoms with Crippen molar-refractivity contribution in [3.63, 3.8) is 0 Å². The number of rotatable bonds is 4. The van der Waals surface area contributed by atoms with E-state index in [0.29, 0.717) is 30.4 Å². The first-order valence-corrected chi connectivity index (χ1v) is 11.8. The van der Waals surface area contributed by atoms with Gasteiger partial charge >= 0.3 is 0 Å². The first-order chi connectivity index (χ1) is 16.0. The normalized spacial score (nSPS) is 18.3. The number of amides is 1. The van der Waals surface area contributed by atoms with Crippen LogP contribution in [0.4, 0.5) is 5.82 Å². The molecular formula is C25H30N6O2. The largest absolute Gasteiger partial charge is 0.436 e. The van der Waals surface area contributed by atoms with E-state index in [4.69, 9.17) is 14.4 Å². The molecule has 2 aliphatic heterocycles. The summed E-state index contributed by atoms with van der Waals surface area (Å²) in [6.45, 7) is 7.96. The van der Waals surface area contributed by atoms with Gasteiger partial charge in [-0.1, -0.05) is 6.07 Å². The fourth-order valence-electron chi connectivity index (χ4n) is 5.00. The van der Waals surface area contributed by atoms with Crippen LogP contribution in [0.1, 0.15) is 76.6 Å². The van der Waals surface area contributed by atoms with Crippen LogP contribution in [0.2, 0.25) is 0 Å². The second-order valence-corrected chi connectivity index (χ2v) is 8.97. The summed E-state index contributed by atoms with van der Waals surface area (Å²) in [6, 6.07) is 5.83. The highest BCUT2D eigenvalue weighted by atomic mass is 16.4. The molecule has 0 saturated carbocycles. The molecular weight excluding hydrogens is 416 g/mol. The van der Waals surface area contributed by atoms with Crippen LogP contribution >= 0.6 is 0 Å². The van der Waals surface area contributed by atoms with Crippen LogP contribution in [-0.2, 0) is 13.0 Å². The standard InChI is InChI=1S/C25H30N6O2/c1-16-20-10-8-13-30(15-19-9-4-6-12-26-19)24(20)29-23(28-16)21-11-5-7-14-31(21)25(32)22-17(2)27-18(3)33-22/h4,6,9,12,21H,5,7-8,10-11,13-15H2,1-3H3. The summed E-state index contributed by atoms with van der Waals surface area (Å²) in [4.78, 5) is 36.4. The molecule has 0 aliphatic carbocycles. The highest BCUT2D eigenvalue weighted by Gasteiger charge is 2.35. The van der Waals surface area contributed by atoms with Gasteiger partial charge in [0.1, 0.15) is 5.82 Å². The number of nitrogens with zero attached hydrogens (tertiary/aromatic N) is 6. The Balaban J connectivity index is 1.49. The van der Waals surface area contributed by atoms with Crippen LogP contribution in [0, 0.1) is 20.8 Å². The predicted octanol–water partition coefficient (Wildman–Crippen LogP) is 4.11. The highest BCUT2D eigenvalue weighted by molar-refractivity contribution is 5.92. The lowest BCUT2D eigenvalue weighted by atomic mass is 9.99. The van der Waals surface area contributed by atoms with Gasteiger partial charge in [0.05, 0.1) is 24.0 Å². The smallest absolute Gasteiger partial charge is 0.292 e. The molecule has 3 aromatic heterocycles. The molecule has 0 spiro atoms. The van der Waals surface area contributed by atoms with Crippen LogP contribution in [-0.4, -0.2) is 43.8 Å². The van der Waals surface area contributed by atoms with Crippen molar-refractivity contribution in [1.29, 1.82) is 0 Å². The molecule has 8 nitrogen and oxygen atoms in total. The second kappa shape index (κ2) is 8.92.